The first-order valence-electron chi connectivity index (χ1n) is 8.56. The van der Waals surface area contributed by atoms with Crippen LogP contribution in [-0.2, 0) is 4.79 Å². The van der Waals surface area contributed by atoms with Gasteiger partial charge in [0.25, 0.3) is 5.91 Å². The van der Waals surface area contributed by atoms with Crippen molar-refractivity contribution in [3.63, 3.8) is 0 Å². The van der Waals surface area contributed by atoms with Gasteiger partial charge >= 0.3 is 0 Å². The van der Waals surface area contributed by atoms with Crippen LogP contribution >= 0.6 is 12.4 Å². The Balaban J connectivity index is 0.00000208. The summed E-state index contributed by atoms with van der Waals surface area (Å²) in [6.07, 6.45) is 4.55. The van der Waals surface area contributed by atoms with Gasteiger partial charge in [0.05, 0.1) is 0 Å². The van der Waals surface area contributed by atoms with Gasteiger partial charge in [-0.15, -0.1) is 12.4 Å². The maximum Gasteiger partial charge on any atom is 0.251 e. The number of benzene rings is 1. The third-order valence-electron chi connectivity index (χ3n) is 5.04. The molecule has 1 aromatic carbocycles. The monoisotopic (exact) mass is 351 g/mol. The van der Waals surface area contributed by atoms with E-state index in [1.165, 1.54) is 12.8 Å². The summed E-state index contributed by atoms with van der Waals surface area (Å²) in [6, 6.07) is 7.46. The molecule has 1 heterocycles. The fraction of sp³-hybridized carbons (Fsp3) is 0.556. The molecule has 2 fully saturated rings. The van der Waals surface area contributed by atoms with Crippen LogP contribution in [0, 0.1) is 11.8 Å². The van der Waals surface area contributed by atoms with Crippen LogP contribution < -0.4 is 16.0 Å². The van der Waals surface area contributed by atoms with Crippen LogP contribution in [0.1, 0.15) is 43.0 Å². The Hall–Kier alpha value is -1.59. The first kappa shape index (κ1) is 18.7. The predicted octanol–water partition coefficient (Wildman–Crippen LogP) is 2.57. The van der Waals surface area contributed by atoms with E-state index in [2.05, 4.69) is 16.0 Å². The summed E-state index contributed by atoms with van der Waals surface area (Å²) in [5, 5.41) is 9.19. The Labute approximate surface area is 149 Å². The van der Waals surface area contributed by atoms with E-state index in [-0.39, 0.29) is 30.1 Å². The van der Waals surface area contributed by atoms with Gasteiger partial charge in [0.1, 0.15) is 0 Å². The largest absolute Gasteiger partial charge is 0.349 e. The number of anilines is 1. The number of carbonyl (C=O) groups is 2. The molecule has 2 aliphatic rings. The summed E-state index contributed by atoms with van der Waals surface area (Å²) in [7, 11) is 0. The molecule has 132 valence electrons. The summed E-state index contributed by atoms with van der Waals surface area (Å²) in [6.45, 7) is 3.79. The molecule has 1 saturated carbocycles. The van der Waals surface area contributed by atoms with Crippen molar-refractivity contribution in [3.05, 3.63) is 29.8 Å². The van der Waals surface area contributed by atoms with Gasteiger partial charge in [-0.1, -0.05) is 19.8 Å². The molecular formula is C18H26ClN3O2. The van der Waals surface area contributed by atoms with E-state index in [4.69, 9.17) is 0 Å². The van der Waals surface area contributed by atoms with E-state index in [1.807, 2.05) is 6.92 Å². The molecule has 5 nitrogen and oxygen atoms in total. The van der Waals surface area contributed by atoms with Crippen molar-refractivity contribution in [1.82, 2.24) is 10.6 Å². The van der Waals surface area contributed by atoms with Gasteiger partial charge in [-0.25, -0.2) is 0 Å². The van der Waals surface area contributed by atoms with Crippen LogP contribution in [0.3, 0.4) is 0 Å². The number of hydrogen-bond acceptors (Lipinski definition) is 3. The quantitative estimate of drug-likeness (QED) is 0.763. The van der Waals surface area contributed by atoms with Gasteiger partial charge in [0.2, 0.25) is 5.91 Å². The maximum atomic E-state index is 12.2. The Morgan fingerprint density at radius 2 is 1.75 bits per heavy atom. The number of rotatable bonds is 5. The third-order valence-corrected chi connectivity index (χ3v) is 5.04. The molecule has 1 unspecified atom stereocenters. The average molecular weight is 352 g/mol. The highest BCUT2D eigenvalue weighted by Crippen LogP contribution is 2.20. The molecule has 0 bridgehead atoms. The number of halogens is 1. The lowest BCUT2D eigenvalue weighted by Gasteiger charge is -2.31. The zero-order chi connectivity index (χ0) is 16.2. The SMILES string of the molecule is CC(C(=O)Nc1ccc(C(=O)NC2CCCC2)cc1)C1CNC1.Cl. The number of carbonyl (C=O) groups excluding carboxylic acids is 2. The van der Waals surface area contributed by atoms with Gasteiger partial charge in [-0.3, -0.25) is 9.59 Å². The lowest BCUT2D eigenvalue weighted by Crippen LogP contribution is -2.48. The molecule has 1 aliphatic heterocycles. The van der Waals surface area contributed by atoms with Crippen LogP contribution in [0.5, 0.6) is 0 Å². The van der Waals surface area contributed by atoms with Crippen molar-refractivity contribution in [2.75, 3.05) is 18.4 Å². The van der Waals surface area contributed by atoms with E-state index in [0.29, 0.717) is 17.5 Å². The second-order valence-electron chi connectivity index (χ2n) is 6.73. The van der Waals surface area contributed by atoms with Crippen molar-refractivity contribution in [2.24, 2.45) is 11.8 Å². The highest BCUT2D eigenvalue weighted by atomic mass is 35.5. The fourth-order valence-corrected chi connectivity index (χ4v) is 3.18. The van der Waals surface area contributed by atoms with E-state index >= 15 is 0 Å². The van der Waals surface area contributed by atoms with E-state index in [0.717, 1.165) is 31.6 Å². The first-order chi connectivity index (χ1) is 11.1. The summed E-state index contributed by atoms with van der Waals surface area (Å²) in [5.41, 5.74) is 1.39. The molecule has 1 aromatic rings. The summed E-state index contributed by atoms with van der Waals surface area (Å²) in [5.74, 6) is 0.441. The molecule has 0 radical (unpaired) electrons. The van der Waals surface area contributed by atoms with Crippen LogP contribution in [0.2, 0.25) is 0 Å². The van der Waals surface area contributed by atoms with Gasteiger partial charge in [0, 0.05) is 23.2 Å². The van der Waals surface area contributed by atoms with Crippen molar-refractivity contribution >= 4 is 29.9 Å². The van der Waals surface area contributed by atoms with Crippen LogP contribution in [-0.4, -0.2) is 30.9 Å². The van der Waals surface area contributed by atoms with Crippen LogP contribution in [0.25, 0.3) is 0 Å². The Kier molecular flexibility index (Phi) is 6.63. The molecule has 0 aromatic heterocycles. The molecule has 24 heavy (non-hydrogen) atoms. The zero-order valence-corrected chi connectivity index (χ0v) is 14.8. The minimum Gasteiger partial charge on any atom is -0.349 e. The topological polar surface area (TPSA) is 70.2 Å². The number of nitrogens with one attached hydrogen (secondary N) is 3. The van der Waals surface area contributed by atoms with Crippen molar-refractivity contribution in [1.29, 1.82) is 0 Å². The lowest BCUT2D eigenvalue weighted by atomic mass is 9.88. The summed E-state index contributed by atoms with van der Waals surface area (Å²) < 4.78 is 0. The molecule has 1 atom stereocenters. The van der Waals surface area contributed by atoms with Gasteiger partial charge < -0.3 is 16.0 Å². The summed E-state index contributed by atoms with van der Waals surface area (Å²) >= 11 is 0. The smallest absolute Gasteiger partial charge is 0.251 e. The molecule has 3 N–H and O–H groups in total. The lowest BCUT2D eigenvalue weighted by molar-refractivity contribution is -0.121. The fourth-order valence-electron chi connectivity index (χ4n) is 3.18. The Bertz CT molecular complexity index is 566. The molecule has 2 amide bonds. The molecule has 3 rings (SSSR count). The van der Waals surface area contributed by atoms with Crippen molar-refractivity contribution in [3.8, 4) is 0 Å². The van der Waals surface area contributed by atoms with Crippen molar-refractivity contribution < 1.29 is 9.59 Å². The molecular weight excluding hydrogens is 326 g/mol. The first-order valence-corrected chi connectivity index (χ1v) is 8.56. The van der Waals surface area contributed by atoms with Crippen LogP contribution in [0.4, 0.5) is 5.69 Å². The van der Waals surface area contributed by atoms with Crippen LogP contribution in [0.15, 0.2) is 24.3 Å². The Morgan fingerprint density at radius 1 is 1.12 bits per heavy atom. The highest BCUT2D eigenvalue weighted by molar-refractivity contribution is 5.96. The normalized spacial score (nSPS) is 19.0. The number of hydrogen-bond donors (Lipinski definition) is 3. The van der Waals surface area contributed by atoms with Gasteiger partial charge in [-0.05, 0) is 56.1 Å². The minimum absolute atomic E-state index is 0. The minimum atomic E-state index is -0.0244. The van der Waals surface area contributed by atoms with Gasteiger partial charge in [0.15, 0.2) is 0 Å². The maximum absolute atomic E-state index is 12.2. The molecule has 1 saturated heterocycles. The number of amides is 2. The highest BCUT2D eigenvalue weighted by Gasteiger charge is 2.28. The molecule has 0 spiro atoms. The summed E-state index contributed by atoms with van der Waals surface area (Å²) in [4.78, 5) is 24.4. The average Bonchev–Trinajstić information content (AvgIpc) is 2.99. The molecule has 6 heteroatoms. The zero-order valence-electron chi connectivity index (χ0n) is 14.0. The second kappa shape index (κ2) is 8.49. The van der Waals surface area contributed by atoms with E-state index in [9.17, 15) is 9.59 Å². The van der Waals surface area contributed by atoms with E-state index in [1.54, 1.807) is 24.3 Å². The predicted molar refractivity (Wildman–Crippen MR) is 97.6 cm³/mol. The molecule has 1 aliphatic carbocycles. The van der Waals surface area contributed by atoms with E-state index < -0.39 is 0 Å². The van der Waals surface area contributed by atoms with Gasteiger partial charge in [-0.2, -0.15) is 0 Å². The second-order valence-corrected chi connectivity index (χ2v) is 6.73. The standard InChI is InChI=1S/C18H25N3O2.ClH/c1-12(14-10-19-11-14)17(22)20-16-8-6-13(7-9-16)18(23)21-15-4-2-3-5-15;/h6-9,12,14-15,19H,2-5,10-11H2,1H3,(H,20,22)(H,21,23);1H. The third kappa shape index (κ3) is 4.48. The van der Waals surface area contributed by atoms with Crippen molar-refractivity contribution in [2.45, 2.75) is 38.6 Å². The Morgan fingerprint density at radius 3 is 2.29 bits per heavy atom.